The van der Waals surface area contributed by atoms with Crippen LogP contribution in [0.1, 0.15) is 50.7 Å². The van der Waals surface area contributed by atoms with Gasteiger partial charge in [-0.25, -0.2) is 9.97 Å². The minimum Gasteiger partial charge on any atom is -0.356 e. The summed E-state index contributed by atoms with van der Waals surface area (Å²) in [4.78, 5) is 26.1. The van der Waals surface area contributed by atoms with Crippen LogP contribution in [0.15, 0.2) is 0 Å². The van der Waals surface area contributed by atoms with Crippen LogP contribution < -0.4 is 4.90 Å². The highest BCUT2D eigenvalue weighted by molar-refractivity contribution is 5.78. The third-order valence-electron chi connectivity index (χ3n) is 5.04. The van der Waals surface area contributed by atoms with Gasteiger partial charge < -0.3 is 9.80 Å². The van der Waals surface area contributed by atoms with Crippen LogP contribution >= 0.6 is 0 Å². The summed E-state index contributed by atoms with van der Waals surface area (Å²) in [6.07, 6.45) is 3.27. The first kappa shape index (κ1) is 16.2. The summed E-state index contributed by atoms with van der Waals surface area (Å²) in [6, 6.07) is 0. The van der Waals surface area contributed by atoms with Crippen molar-refractivity contribution in [1.82, 2.24) is 14.9 Å². The first-order chi connectivity index (χ1) is 11.0. The van der Waals surface area contributed by atoms with E-state index < -0.39 is 0 Å². The summed E-state index contributed by atoms with van der Waals surface area (Å²) >= 11 is 0. The number of piperidine rings is 1. The average Bonchev–Trinajstić information content (AvgIpc) is 2.53. The number of hydrogen-bond acceptors (Lipinski definition) is 4. The molecule has 1 aromatic rings. The largest absolute Gasteiger partial charge is 0.356 e. The molecule has 1 amide bonds. The van der Waals surface area contributed by atoms with Crippen molar-refractivity contribution < 1.29 is 4.79 Å². The van der Waals surface area contributed by atoms with Gasteiger partial charge in [0.25, 0.3) is 0 Å². The van der Waals surface area contributed by atoms with Gasteiger partial charge in [0.2, 0.25) is 5.91 Å². The Morgan fingerprint density at radius 2 is 1.87 bits per heavy atom. The normalized spacial score (nSPS) is 19.2. The Kier molecular flexibility index (Phi) is 4.55. The summed E-state index contributed by atoms with van der Waals surface area (Å²) < 4.78 is 0. The third kappa shape index (κ3) is 3.33. The van der Waals surface area contributed by atoms with Gasteiger partial charge >= 0.3 is 0 Å². The lowest BCUT2D eigenvalue weighted by atomic mass is 9.98. The van der Waals surface area contributed by atoms with Crippen LogP contribution in [-0.2, 0) is 17.8 Å². The monoisotopic (exact) mass is 316 g/mol. The number of carbonyl (C=O) groups excluding carboxylic acids is 1. The molecule has 0 atom stereocenters. The van der Waals surface area contributed by atoms with Crippen molar-refractivity contribution in [3.63, 3.8) is 0 Å². The lowest BCUT2D eigenvalue weighted by Gasteiger charge is -2.36. The molecule has 0 spiro atoms. The zero-order chi connectivity index (χ0) is 16.6. The molecule has 0 unspecified atom stereocenters. The molecule has 1 fully saturated rings. The molecule has 0 aromatic carbocycles. The van der Waals surface area contributed by atoms with Gasteiger partial charge in [0.05, 0.1) is 12.2 Å². The Bertz CT molecular complexity index is 591. The Hall–Kier alpha value is -1.65. The second-order valence-electron chi connectivity index (χ2n) is 7.35. The molecule has 0 radical (unpaired) electrons. The van der Waals surface area contributed by atoms with Crippen LogP contribution in [0, 0.1) is 18.8 Å². The number of nitrogens with zero attached hydrogens (tertiary/aromatic N) is 4. The quantitative estimate of drug-likeness (QED) is 0.841. The summed E-state index contributed by atoms with van der Waals surface area (Å²) in [5.74, 6) is 2.99. The van der Waals surface area contributed by atoms with E-state index in [2.05, 4.69) is 16.8 Å². The molecule has 0 bridgehead atoms. The maximum Gasteiger partial charge on any atom is 0.225 e. The van der Waals surface area contributed by atoms with Crippen LogP contribution in [0.2, 0.25) is 0 Å². The van der Waals surface area contributed by atoms with Crippen LogP contribution in [0.3, 0.4) is 0 Å². The van der Waals surface area contributed by atoms with Gasteiger partial charge in [0.15, 0.2) is 0 Å². The molecule has 2 aliphatic rings. The zero-order valence-corrected chi connectivity index (χ0v) is 14.8. The van der Waals surface area contributed by atoms with Gasteiger partial charge in [-0.3, -0.25) is 4.79 Å². The minimum absolute atomic E-state index is 0.0437. The number of rotatable bonds is 2. The fourth-order valence-corrected chi connectivity index (χ4v) is 3.55. The molecule has 23 heavy (non-hydrogen) atoms. The van der Waals surface area contributed by atoms with Gasteiger partial charge in [-0.15, -0.1) is 0 Å². The zero-order valence-electron chi connectivity index (χ0n) is 14.8. The van der Waals surface area contributed by atoms with E-state index in [1.165, 1.54) is 18.4 Å². The van der Waals surface area contributed by atoms with Crippen molar-refractivity contribution in [2.45, 2.75) is 53.5 Å². The minimum atomic E-state index is 0.0437. The highest BCUT2D eigenvalue weighted by atomic mass is 16.2. The van der Waals surface area contributed by atoms with Crippen molar-refractivity contribution >= 4 is 11.7 Å². The maximum atomic E-state index is 12.4. The van der Waals surface area contributed by atoms with E-state index >= 15 is 0 Å². The molecule has 1 saturated heterocycles. The van der Waals surface area contributed by atoms with Gasteiger partial charge in [-0.2, -0.15) is 0 Å². The first-order valence-corrected chi connectivity index (χ1v) is 8.86. The summed E-state index contributed by atoms with van der Waals surface area (Å²) in [7, 11) is 0. The Labute approximate surface area is 139 Å². The molecule has 3 heterocycles. The lowest BCUT2D eigenvalue weighted by molar-refractivity contribution is -0.135. The molecular weight excluding hydrogens is 288 g/mol. The number of fused-ring (bicyclic) bond motifs is 1. The number of carbonyl (C=O) groups is 1. The van der Waals surface area contributed by atoms with Crippen LogP contribution in [0.4, 0.5) is 5.82 Å². The standard InChI is InChI=1S/C18H28N4O/c1-12(2)18(23)22-10-7-16-15(11-22)17(20-14(4)19-16)21-8-5-13(3)6-9-21/h12-13H,5-11H2,1-4H3. The number of aryl methyl sites for hydroxylation is 1. The molecule has 5 heteroatoms. The van der Waals surface area contributed by atoms with Crippen LogP contribution in [0.25, 0.3) is 0 Å². The lowest BCUT2D eigenvalue weighted by Crippen LogP contribution is -2.41. The predicted octanol–water partition coefficient (Wildman–Crippen LogP) is 2.56. The Balaban J connectivity index is 1.90. The van der Waals surface area contributed by atoms with Crippen molar-refractivity contribution in [2.75, 3.05) is 24.5 Å². The highest BCUT2D eigenvalue weighted by Gasteiger charge is 2.29. The van der Waals surface area contributed by atoms with E-state index in [1.54, 1.807) is 0 Å². The summed E-state index contributed by atoms with van der Waals surface area (Å²) in [6.45, 7) is 11.8. The smallest absolute Gasteiger partial charge is 0.225 e. The molecular formula is C18H28N4O. The molecule has 5 nitrogen and oxygen atoms in total. The third-order valence-corrected chi connectivity index (χ3v) is 5.04. The van der Waals surface area contributed by atoms with E-state index in [-0.39, 0.29) is 11.8 Å². The summed E-state index contributed by atoms with van der Waals surface area (Å²) in [5, 5.41) is 0. The van der Waals surface area contributed by atoms with Gasteiger partial charge in [-0.1, -0.05) is 20.8 Å². The molecule has 1 aromatic heterocycles. The van der Waals surface area contributed by atoms with Gasteiger partial charge in [-0.05, 0) is 25.7 Å². The molecule has 0 N–H and O–H groups in total. The van der Waals surface area contributed by atoms with E-state index in [0.717, 1.165) is 49.3 Å². The van der Waals surface area contributed by atoms with Gasteiger partial charge in [0.1, 0.15) is 11.6 Å². The second kappa shape index (κ2) is 6.46. The fraction of sp³-hybridized carbons (Fsp3) is 0.722. The molecule has 0 aliphatic carbocycles. The molecule has 126 valence electrons. The van der Waals surface area contributed by atoms with Crippen LogP contribution in [0.5, 0.6) is 0 Å². The highest BCUT2D eigenvalue weighted by Crippen LogP contribution is 2.30. The molecule has 0 saturated carbocycles. The number of aromatic nitrogens is 2. The van der Waals surface area contributed by atoms with Crippen molar-refractivity contribution in [3.8, 4) is 0 Å². The topological polar surface area (TPSA) is 49.3 Å². The van der Waals surface area contributed by atoms with Crippen molar-refractivity contribution in [1.29, 1.82) is 0 Å². The van der Waals surface area contributed by atoms with Crippen molar-refractivity contribution in [3.05, 3.63) is 17.1 Å². The van der Waals surface area contributed by atoms with E-state index in [9.17, 15) is 4.79 Å². The SMILES string of the molecule is Cc1nc2c(c(N3CCC(C)CC3)n1)CN(C(=O)C(C)C)CC2. The number of hydrogen-bond donors (Lipinski definition) is 0. The molecule has 2 aliphatic heterocycles. The predicted molar refractivity (Wildman–Crippen MR) is 91.3 cm³/mol. The van der Waals surface area contributed by atoms with E-state index in [4.69, 9.17) is 4.98 Å². The van der Waals surface area contributed by atoms with E-state index in [1.807, 2.05) is 25.7 Å². The van der Waals surface area contributed by atoms with Crippen LogP contribution in [-0.4, -0.2) is 40.4 Å². The second-order valence-corrected chi connectivity index (χ2v) is 7.35. The maximum absolute atomic E-state index is 12.4. The molecule has 3 rings (SSSR count). The fourth-order valence-electron chi connectivity index (χ4n) is 3.55. The number of anilines is 1. The van der Waals surface area contributed by atoms with Gasteiger partial charge in [0, 0.05) is 37.5 Å². The Morgan fingerprint density at radius 1 is 1.17 bits per heavy atom. The summed E-state index contributed by atoms with van der Waals surface area (Å²) in [5.41, 5.74) is 2.31. The first-order valence-electron chi connectivity index (χ1n) is 8.86. The average molecular weight is 316 g/mol. The van der Waals surface area contributed by atoms with Crippen molar-refractivity contribution in [2.24, 2.45) is 11.8 Å². The Morgan fingerprint density at radius 3 is 2.52 bits per heavy atom. The number of amides is 1. The van der Waals surface area contributed by atoms with E-state index in [0.29, 0.717) is 6.54 Å².